The molecule has 0 amide bonds. The highest BCUT2D eigenvalue weighted by molar-refractivity contribution is 7.19. The molecule has 1 fully saturated rings. The molecule has 2 aliphatic heterocycles. The van der Waals surface area contributed by atoms with Crippen molar-refractivity contribution in [3.05, 3.63) is 102 Å². The second-order valence-electron chi connectivity index (χ2n) is 9.74. The first-order valence-electron chi connectivity index (χ1n) is 13.5. The Balaban J connectivity index is 1.23. The minimum atomic E-state index is -0.889. The smallest absolute Gasteiger partial charge is 0.317 e. The Hall–Kier alpha value is -4.67. The number of ether oxygens (including phenoxy) is 1. The van der Waals surface area contributed by atoms with E-state index in [2.05, 4.69) is 20.4 Å². The van der Waals surface area contributed by atoms with Gasteiger partial charge in [-0.15, -0.1) is 5.10 Å². The van der Waals surface area contributed by atoms with Crippen molar-refractivity contribution in [3.63, 3.8) is 0 Å². The van der Waals surface area contributed by atoms with Crippen LogP contribution in [0, 0.1) is 0 Å². The van der Waals surface area contributed by atoms with Crippen LogP contribution in [0.15, 0.2) is 94.3 Å². The zero-order valence-corrected chi connectivity index (χ0v) is 22.9. The third-order valence-electron chi connectivity index (χ3n) is 7.06. The third kappa shape index (κ3) is 5.15. The van der Waals surface area contributed by atoms with Gasteiger partial charge >= 0.3 is 6.01 Å². The topological polar surface area (TPSA) is 106 Å². The van der Waals surface area contributed by atoms with Crippen LogP contribution in [0.25, 0.3) is 22.2 Å². The molecule has 10 heteroatoms. The van der Waals surface area contributed by atoms with Gasteiger partial charge in [0.25, 0.3) is 5.89 Å². The molecule has 4 heterocycles. The summed E-state index contributed by atoms with van der Waals surface area (Å²) in [5.74, 6) is 0.196. The van der Waals surface area contributed by atoms with Gasteiger partial charge in [-0.2, -0.15) is 0 Å². The van der Waals surface area contributed by atoms with Gasteiger partial charge in [-0.1, -0.05) is 101 Å². The zero-order valence-electron chi connectivity index (χ0n) is 22.1. The summed E-state index contributed by atoms with van der Waals surface area (Å²) in [6.45, 7) is 2.78. The Bertz CT molecular complexity index is 1710. The zero-order chi connectivity index (χ0) is 27.6. The maximum absolute atomic E-state index is 13.4. The summed E-state index contributed by atoms with van der Waals surface area (Å²) in [6.07, 6.45) is -0.650. The number of rotatable bonds is 6. The van der Waals surface area contributed by atoms with E-state index in [0.717, 1.165) is 51.1 Å². The second kappa shape index (κ2) is 11.1. The Morgan fingerprint density at radius 3 is 2.34 bits per heavy atom. The standard InChI is InChI=1S/C31H26N6O3S/c38-24-19-22-13-7-8-14-23(22)25(20-9-3-1-4-10-20)32-27(24)34-31-36-35-28(40-31)26-30(37-15-17-39-18-16-37)41-29(33-26)21-11-5-2-6-12-21/h1-14,27H,15-19H2,(H,34,36)/t27-/m1/s1. The highest BCUT2D eigenvalue weighted by Gasteiger charge is 2.29. The van der Waals surface area contributed by atoms with Crippen molar-refractivity contribution in [2.24, 2.45) is 4.99 Å². The van der Waals surface area contributed by atoms with Crippen LogP contribution in [0.5, 0.6) is 0 Å². The number of nitrogens with one attached hydrogen (secondary N) is 1. The molecular weight excluding hydrogens is 536 g/mol. The van der Waals surface area contributed by atoms with Crippen molar-refractivity contribution in [2.75, 3.05) is 36.5 Å². The molecule has 2 aromatic heterocycles. The normalized spacial score (nSPS) is 17.1. The molecule has 2 aliphatic rings. The monoisotopic (exact) mass is 562 g/mol. The molecule has 204 valence electrons. The molecule has 5 aromatic rings. The van der Waals surface area contributed by atoms with Crippen LogP contribution >= 0.6 is 11.3 Å². The van der Waals surface area contributed by atoms with Crippen molar-refractivity contribution in [1.82, 2.24) is 15.2 Å². The number of hydrogen-bond acceptors (Lipinski definition) is 10. The van der Waals surface area contributed by atoms with Gasteiger partial charge in [-0.3, -0.25) is 9.79 Å². The number of aliphatic imine (C=N–C) groups is 1. The molecule has 1 saturated heterocycles. The second-order valence-corrected chi connectivity index (χ2v) is 10.7. The van der Waals surface area contributed by atoms with Gasteiger partial charge in [0.1, 0.15) is 10.0 Å². The number of fused-ring (bicyclic) bond motifs is 1. The van der Waals surface area contributed by atoms with Crippen LogP contribution in [0.2, 0.25) is 0 Å². The van der Waals surface area contributed by atoms with Gasteiger partial charge in [-0.25, -0.2) is 4.98 Å². The summed E-state index contributed by atoms with van der Waals surface area (Å²) in [7, 11) is 0. The number of benzene rings is 3. The maximum atomic E-state index is 13.4. The van der Waals surface area contributed by atoms with Gasteiger partial charge in [0.2, 0.25) is 0 Å². The van der Waals surface area contributed by atoms with Gasteiger partial charge in [0.15, 0.2) is 17.6 Å². The van der Waals surface area contributed by atoms with Crippen LogP contribution in [0.3, 0.4) is 0 Å². The molecular formula is C31H26N6O3S. The molecule has 1 atom stereocenters. The number of thiazole rings is 1. The van der Waals surface area contributed by atoms with Crippen molar-refractivity contribution in [1.29, 1.82) is 0 Å². The molecule has 7 rings (SSSR count). The number of morpholine rings is 1. The minimum Gasteiger partial charge on any atom is -0.402 e. The lowest BCUT2D eigenvalue weighted by Gasteiger charge is -2.27. The maximum Gasteiger partial charge on any atom is 0.317 e. The molecule has 41 heavy (non-hydrogen) atoms. The van der Waals surface area contributed by atoms with Gasteiger partial charge in [-0.05, 0) is 5.56 Å². The first kappa shape index (κ1) is 25.3. The number of Topliss-reactive ketones (excluding diaryl/α,β-unsaturated/α-hetero) is 1. The average molecular weight is 563 g/mol. The SMILES string of the molecule is O=C1Cc2ccccc2C(c2ccccc2)=N[C@@H]1Nc1nnc(-c2nc(-c3ccccc3)sc2N2CCOCC2)o1. The summed E-state index contributed by atoms with van der Waals surface area (Å²) >= 11 is 1.59. The summed E-state index contributed by atoms with van der Waals surface area (Å²) in [6, 6.07) is 27.9. The average Bonchev–Trinajstić information content (AvgIpc) is 3.65. The fourth-order valence-corrected chi connectivity index (χ4v) is 6.15. The first-order chi connectivity index (χ1) is 20.2. The minimum absolute atomic E-state index is 0.0860. The highest BCUT2D eigenvalue weighted by Crippen LogP contribution is 2.40. The summed E-state index contributed by atoms with van der Waals surface area (Å²) in [4.78, 5) is 25.4. The first-order valence-corrected chi connectivity index (χ1v) is 14.3. The molecule has 0 unspecified atom stereocenters. The molecule has 3 aromatic carbocycles. The van der Waals surface area contributed by atoms with E-state index in [9.17, 15) is 4.79 Å². The van der Waals surface area contributed by atoms with Crippen molar-refractivity contribution >= 4 is 33.8 Å². The van der Waals surface area contributed by atoms with Crippen LogP contribution in [-0.4, -0.2) is 59.1 Å². The van der Waals surface area contributed by atoms with E-state index < -0.39 is 6.17 Å². The van der Waals surface area contributed by atoms with E-state index >= 15 is 0 Å². The van der Waals surface area contributed by atoms with E-state index in [-0.39, 0.29) is 24.1 Å². The number of anilines is 2. The van der Waals surface area contributed by atoms with Crippen molar-refractivity contribution < 1.29 is 13.9 Å². The number of aromatic nitrogens is 3. The molecule has 0 saturated carbocycles. The Labute approximate surface area is 240 Å². The van der Waals surface area contributed by atoms with E-state index in [1.54, 1.807) is 11.3 Å². The molecule has 0 radical (unpaired) electrons. The summed E-state index contributed by atoms with van der Waals surface area (Å²) in [5, 5.41) is 13.5. The van der Waals surface area contributed by atoms with E-state index in [1.807, 2.05) is 84.9 Å². The van der Waals surface area contributed by atoms with Crippen LogP contribution < -0.4 is 10.2 Å². The van der Waals surface area contributed by atoms with Gasteiger partial charge in [0, 0.05) is 36.2 Å². The Morgan fingerprint density at radius 1 is 0.854 bits per heavy atom. The Morgan fingerprint density at radius 2 is 1.56 bits per heavy atom. The number of hydrogen-bond donors (Lipinski definition) is 1. The fraction of sp³-hybridized carbons (Fsp3) is 0.194. The summed E-state index contributed by atoms with van der Waals surface area (Å²) < 4.78 is 11.7. The van der Waals surface area contributed by atoms with Crippen LogP contribution in [0.4, 0.5) is 11.0 Å². The summed E-state index contributed by atoms with van der Waals surface area (Å²) in [5.41, 5.74) is 5.17. The van der Waals surface area contributed by atoms with Gasteiger partial charge < -0.3 is 19.4 Å². The fourth-order valence-electron chi connectivity index (χ4n) is 5.03. The highest BCUT2D eigenvalue weighted by atomic mass is 32.1. The Kier molecular flexibility index (Phi) is 6.83. The molecule has 0 bridgehead atoms. The molecule has 9 nitrogen and oxygen atoms in total. The third-order valence-corrected chi connectivity index (χ3v) is 8.23. The van der Waals surface area contributed by atoms with Crippen LogP contribution in [0.1, 0.15) is 16.7 Å². The van der Waals surface area contributed by atoms with E-state index in [4.69, 9.17) is 19.1 Å². The molecule has 0 aliphatic carbocycles. The van der Waals surface area contributed by atoms with Crippen molar-refractivity contribution in [3.8, 4) is 22.2 Å². The number of carbonyl (C=O) groups excluding carboxylic acids is 1. The van der Waals surface area contributed by atoms with E-state index in [1.165, 1.54) is 0 Å². The molecule has 1 N–H and O–H groups in total. The number of ketones is 1. The number of carbonyl (C=O) groups is 1. The number of nitrogens with zero attached hydrogens (tertiary/aromatic N) is 5. The van der Waals surface area contributed by atoms with Crippen LogP contribution in [-0.2, 0) is 16.0 Å². The lowest BCUT2D eigenvalue weighted by atomic mass is 9.96. The van der Waals surface area contributed by atoms with Crippen molar-refractivity contribution in [2.45, 2.75) is 12.6 Å². The lowest BCUT2D eigenvalue weighted by Crippen LogP contribution is -2.35. The predicted octanol–water partition coefficient (Wildman–Crippen LogP) is 5.10. The van der Waals surface area contributed by atoms with E-state index in [0.29, 0.717) is 18.9 Å². The molecule has 0 spiro atoms. The lowest BCUT2D eigenvalue weighted by molar-refractivity contribution is -0.119. The predicted molar refractivity (Wildman–Crippen MR) is 159 cm³/mol. The van der Waals surface area contributed by atoms with Gasteiger partial charge in [0.05, 0.1) is 18.9 Å². The quantitative estimate of drug-likeness (QED) is 0.305. The largest absolute Gasteiger partial charge is 0.402 e.